The molecular weight excluding hydrogens is 436 g/mol. The molecule has 168 valence electrons. The van der Waals surface area contributed by atoms with E-state index in [1.807, 2.05) is 13.8 Å². The van der Waals surface area contributed by atoms with Crippen LogP contribution < -0.4 is 15.8 Å². The summed E-state index contributed by atoms with van der Waals surface area (Å²) in [6.45, 7) is 4.06. The third kappa shape index (κ3) is 3.83. The van der Waals surface area contributed by atoms with Crippen LogP contribution in [-0.4, -0.2) is 28.9 Å². The van der Waals surface area contributed by atoms with Crippen molar-refractivity contribution in [2.75, 3.05) is 0 Å². The number of hydrogen-bond donors (Lipinski definition) is 2. The Morgan fingerprint density at radius 1 is 1.24 bits per heavy atom. The molecule has 2 aliphatic rings. The number of carbonyl (C=O) groups is 2. The van der Waals surface area contributed by atoms with E-state index in [-0.39, 0.29) is 23.5 Å². The molecule has 0 unspecified atom stereocenters. The number of rotatable bonds is 5. The van der Waals surface area contributed by atoms with Crippen molar-refractivity contribution in [1.82, 2.24) is 10.3 Å². The number of hydrogen-bond acceptors (Lipinski definition) is 6. The summed E-state index contributed by atoms with van der Waals surface area (Å²) >= 11 is 1.60. The molecule has 7 nitrogen and oxygen atoms in total. The molecule has 2 fully saturated rings. The minimum absolute atomic E-state index is 0.0166. The van der Waals surface area contributed by atoms with Gasteiger partial charge in [0.05, 0.1) is 21.8 Å². The Bertz CT molecular complexity index is 1330. The molecular formula is C25H24N4O3S. The molecule has 3 N–H and O–H groups in total. The highest BCUT2D eigenvalue weighted by Crippen LogP contribution is 2.57. The molecule has 0 aliphatic heterocycles. The average molecular weight is 461 g/mol. The van der Waals surface area contributed by atoms with Gasteiger partial charge in [-0.1, -0.05) is 6.07 Å². The van der Waals surface area contributed by atoms with Crippen LogP contribution in [0.4, 0.5) is 0 Å². The van der Waals surface area contributed by atoms with Crippen LogP contribution in [0, 0.1) is 30.6 Å². The molecule has 0 atom stereocenters. The van der Waals surface area contributed by atoms with Crippen molar-refractivity contribution in [3.63, 3.8) is 0 Å². The van der Waals surface area contributed by atoms with Crippen molar-refractivity contribution in [2.24, 2.45) is 11.1 Å². The Morgan fingerprint density at radius 3 is 2.70 bits per heavy atom. The summed E-state index contributed by atoms with van der Waals surface area (Å²) in [5.74, 6) is -0.370. The van der Waals surface area contributed by atoms with Crippen LogP contribution in [0.1, 0.15) is 62.4 Å². The second-order valence-electron chi connectivity index (χ2n) is 9.25. The van der Waals surface area contributed by atoms with Gasteiger partial charge in [0, 0.05) is 16.5 Å². The third-order valence-corrected chi connectivity index (χ3v) is 8.06. The first-order valence-electron chi connectivity index (χ1n) is 11.0. The number of thiophene rings is 1. The van der Waals surface area contributed by atoms with Gasteiger partial charge in [-0.25, -0.2) is 4.98 Å². The van der Waals surface area contributed by atoms with Gasteiger partial charge in [0.1, 0.15) is 11.7 Å². The van der Waals surface area contributed by atoms with Gasteiger partial charge in [-0.2, -0.15) is 5.26 Å². The zero-order valence-corrected chi connectivity index (χ0v) is 19.3. The lowest BCUT2D eigenvalue weighted by atomic mass is 9.53. The smallest absolute Gasteiger partial charge is 0.254 e. The van der Waals surface area contributed by atoms with E-state index < -0.39 is 5.91 Å². The number of ether oxygens (including phenoxy) is 1. The fraction of sp³-hybridized carbons (Fsp3) is 0.360. The minimum atomic E-state index is -0.538. The number of nitriles is 1. The highest BCUT2D eigenvalue weighted by Gasteiger charge is 2.54. The standard InChI is InChI=1S/C25H24N4O3S/c1-13-14(2)33-20-7-19(22(27)30)24(29-21(13)20)32-18-10-25(11-18)8-17(9-25)28-23(31)16-5-3-4-15(6-16)12-26/h3-7,17-18H,8-11H2,1-2H3,(H2,27,30)(H,28,31). The maximum absolute atomic E-state index is 12.5. The van der Waals surface area contributed by atoms with Gasteiger partial charge in [-0.15, -0.1) is 11.3 Å². The van der Waals surface area contributed by atoms with Crippen molar-refractivity contribution >= 4 is 33.4 Å². The summed E-state index contributed by atoms with van der Waals surface area (Å²) in [6, 6.07) is 10.7. The Labute approximate surface area is 195 Å². The first-order chi connectivity index (χ1) is 15.8. The van der Waals surface area contributed by atoms with Crippen LogP contribution in [0.3, 0.4) is 0 Å². The van der Waals surface area contributed by atoms with E-state index in [4.69, 9.17) is 15.7 Å². The number of nitrogens with zero attached hydrogens (tertiary/aromatic N) is 2. The van der Waals surface area contributed by atoms with Crippen LogP contribution in [-0.2, 0) is 0 Å². The number of amides is 2. The highest BCUT2D eigenvalue weighted by molar-refractivity contribution is 7.19. The number of aryl methyl sites for hydroxylation is 2. The lowest BCUT2D eigenvalue weighted by molar-refractivity contribution is -0.0847. The van der Waals surface area contributed by atoms with E-state index in [1.54, 1.807) is 41.7 Å². The number of nitrogens with two attached hydrogens (primary N) is 1. The van der Waals surface area contributed by atoms with Crippen LogP contribution in [0.5, 0.6) is 5.88 Å². The fourth-order valence-electron chi connectivity index (χ4n) is 5.07. The predicted molar refractivity (Wildman–Crippen MR) is 125 cm³/mol. The number of nitrogens with one attached hydrogen (secondary N) is 1. The average Bonchev–Trinajstić information content (AvgIpc) is 3.02. The molecule has 0 radical (unpaired) electrons. The van der Waals surface area contributed by atoms with Crippen LogP contribution in [0.2, 0.25) is 0 Å². The van der Waals surface area contributed by atoms with Gasteiger partial charge in [0.2, 0.25) is 5.88 Å². The number of primary amides is 1. The van der Waals surface area contributed by atoms with Gasteiger partial charge in [0.15, 0.2) is 0 Å². The van der Waals surface area contributed by atoms with Crippen molar-refractivity contribution in [1.29, 1.82) is 5.26 Å². The minimum Gasteiger partial charge on any atom is -0.474 e. The molecule has 2 aliphatic carbocycles. The molecule has 3 aromatic rings. The summed E-state index contributed by atoms with van der Waals surface area (Å²) in [7, 11) is 0. The Balaban J connectivity index is 1.20. The van der Waals surface area contributed by atoms with Crippen molar-refractivity contribution in [3.05, 3.63) is 57.5 Å². The molecule has 2 amide bonds. The number of carbonyl (C=O) groups excluding carboxylic acids is 2. The molecule has 2 saturated carbocycles. The van der Waals surface area contributed by atoms with Gasteiger partial charge >= 0.3 is 0 Å². The monoisotopic (exact) mass is 460 g/mol. The van der Waals surface area contributed by atoms with E-state index in [9.17, 15) is 9.59 Å². The predicted octanol–water partition coefficient (Wildman–Crippen LogP) is 4.00. The molecule has 0 saturated heterocycles. The highest BCUT2D eigenvalue weighted by atomic mass is 32.1. The zero-order chi connectivity index (χ0) is 23.3. The molecule has 8 heteroatoms. The van der Waals surface area contributed by atoms with Crippen LogP contribution in [0.15, 0.2) is 30.3 Å². The van der Waals surface area contributed by atoms with E-state index in [1.165, 1.54) is 0 Å². The van der Waals surface area contributed by atoms with E-state index in [0.29, 0.717) is 22.6 Å². The lowest BCUT2D eigenvalue weighted by Gasteiger charge is -2.57. The Hall–Kier alpha value is -3.44. The quantitative estimate of drug-likeness (QED) is 0.597. The first-order valence-corrected chi connectivity index (χ1v) is 11.8. The summed E-state index contributed by atoms with van der Waals surface area (Å²) < 4.78 is 7.07. The van der Waals surface area contributed by atoms with Gasteiger partial charge in [-0.05, 0) is 74.8 Å². The molecule has 0 bridgehead atoms. The molecule has 1 aromatic carbocycles. The lowest BCUT2D eigenvalue weighted by Crippen LogP contribution is -2.58. The number of pyridine rings is 1. The summed E-state index contributed by atoms with van der Waals surface area (Å²) in [6.07, 6.45) is 3.51. The topological polar surface area (TPSA) is 118 Å². The molecule has 5 rings (SSSR count). The maximum atomic E-state index is 12.5. The van der Waals surface area contributed by atoms with E-state index >= 15 is 0 Å². The fourth-order valence-corrected chi connectivity index (χ4v) is 6.12. The zero-order valence-electron chi connectivity index (χ0n) is 18.5. The van der Waals surface area contributed by atoms with Gasteiger partial charge < -0.3 is 15.8 Å². The Kier molecular flexibility index (Phi) is 5.09. The van der Waals surface area contributed by atoms with Crippen molar-refractivity contribution in [3.8, 4) is 11.9 Å². The summed E-state index contributed by atoms with van der Waals surface area (Å²) in [4.78, 5) is 30.3. The third-order valence-electron chi connectivity index (χ3n) is 6.91. The SMILES string of the molecule is Cc1sc2cc(C(N)=O)c(OC3CC4(CC(NC(=O)c5cccc(C#N)c5)C4)C3)nc2c1C. The van der Waals surface area contributed by atoms with E-state index in [2.05, 4.69) is 16.4 Å². The molecule has 1 spiro atoms. The van der Waals surface area contributed by atoms with E-state index in [0.717, 1.165) is 46.3 Å². The van der Waals surface area contributed by atoms with Crippen molar-refractivity contribution < 1.29 is 14.3 Å². The molecule has 33 heavy (non-hydrogen) atoms. The van der Waals surface area contributed by atoms with Crippen molar-refractivity contribution in [2.45, 2.75) is 51.7 Å². The van der Waals surface area contributed by atoms with Crippen LogP contribution >= 0.6 is 11.3 Å². The molecule has 2 heterocycles. The second-order valence-corrected chi connectivity index (χ2v) is 10.5. The number of aromatic nitrogens is 1. The normalized spacial score (nSPS) is 23.4. The van der Waals surface area contributed by atoms with Gasteiger partial charge in [-0.3, -0.25) is 9.59 Å². The summed E-state index contributed by atoms with van der Waals surface area (Å²) in [5, 5.41) is 12.1. The first kappa shape index (κ1) is 21.4. The number of fused-ring (bicyclic) bond motifs is 1. The second kappa shape index (κ2) is 7.85. The molecule has 2 aromatic heterocycles. The van der Waals surface area contributed by atoms with Crippen LogP contribution in [0.25, 0.3) is 10.2 Å². The largest absolute Gasteiger partial charge is 0.474 e. The van der Waals surface area contributed by atoms with Gasteiger partial charge in [0.25, 0.3) is 11.8 Å². The number of benzene rings is 1. The summed E-state index contributed by atoms with van der Waals surface area (Å²) in [5.41, 5.74) is 9.02. The maximum Gasteiger partial charge on any atom is 0.254 e. The Morgan fingerprint density at radius 2 is 2.00 bits per heavy atom.